The zero-order chi connectivity index (χ0) is 25.5. The van der Waals surface area contributed by atoms with E-state index in [1.165, 1.54) is 35.5 Å². The number of nitrogens with one attached hydrogen (secondary N) is 1. The molecule has 4 aromatic rings. The van der Waals surface area contributed by atoms with Gasteiger partial charge in [-0.2, -0.15) is 0 Å². The maximum atomic E-state index is 13.2. The first-order valence-corrected chi connectivity index (χ1v) is 13.4. The van der Waals surface area contributed by atoms with Crippen LogP contribution in [0.3, 0.4) is 0 Å². The molecular weight excluding hydrogens is 497 g/mol. The van der Waals surface area contributed by atoms with Crippen LogP contribution in [-0.2, 0) is 0 Å². The van der Waals surface area contributed by atoms with Crippen LogP contribution in [-0.4, -0.2) is 45.3 Å². The second-order valence-corrected chi connectivity index (χ2v) is 9.82. The minimum Gasteiger partial charge on any atom is -0.494 e. The molecule has 0 bridgehead atoms. The van der Waals surface area contributed by atoms with Gasteiger partial charge in [-0.1, -0.05) is 50.3 Å². The summed E-state index contributed by atoms with van der Waals surface area (Å²) < 4.78 is 10.3. The molecule has 0 saturated carbocycles. The Hall–Kier alpha value is -2.59. The summed E-state index contributed by atoms with van der Waals surface area (Å²) in [5.41, 5.74) is 3.02. The van der Waals surface area contributed by atoms with Crippen LogP contribution < -0.4 is 10.3 Å². The molecule has 0 aliphatic carbocycles. The van der Waals surface area contributed by atoms with Crippen molar-refractivity contribution in [2.75, 3.05) is 26.2 Å². The molecule has 0 fully saturated rings. The SMILES string of the molecule is CCN(CC)CC.CCOc1ccc(-n2c(=S)sc3c(=O)n(-c4ccccc4C)c(=S)[nH]c32)cc1. The molecule has 35 heavy (non-hydrogen) atoms. The van der Waals surface area contributed by atoms with Gasteiger partial charge in [-0.3, -0.25) is 13.9 Å². The number of aromatic nitrogens is 3. The van der Waals surface area contributed by atoms with E-state index in [1.54, 1.807) is 0 Å². The van der Waals surface area contributed by atoms with E-state index in [0.717, 1.165) is 22.7 Å². The first-order valence-electron chi connectivity index (χ1n) is 11.8. The monoisotopic (exact) mass is 528 g/mol. The minimum absolute atomic E-state index is 0.172. The summed E-state index contributed by atoms with van der Waals surface area (Å²) >= 11 is 12.4. The number of rotatable bonds is 7. The van der Waals surface area contributed by atoms with Crippen molar-refractivity contribution >= 4 is 46.1 Å². The standard InChI is InChI=1S/C20H17N3O2S3.C6H15N/c1-3-25-14-10-8-13(9-11-14)22-17-16(28-20(22)27)18(24)23(19(26)21-17)15-7-5-4-6-12(15)2;1-4-7(5-2)6-3/h4-11H,3H2,1-2H3,(H,21,26);4-6H2,1-3H3. The Balaban J connectivity index is 0.000000429. The van der Waals surface area contributed by atoms with Gasteiger partial charge in [-0.05, 0) is 93.8 Å². The van der Waals surface area contributed by atoms with Crippen LogP contribution in [0, 0.1) is 15.6 Å². The van der Waals surface area contributed by atoms with Gasteiger partial charge < -0.3 is 14.6 Å². The lowest BCUT2D eigenvalue weighted by molar-refractivity contribution is 0.321. The molecule has 0 atom stereocenters. The molecule has 1 N–H and O–H groups in total. The fourth-order valence-electron chi connectivity index (χ4n) is 3.78. The molecule has 2 heterocycles. The molecule has 0 radical (unpaired) electrons. The van der Waals surface area contributed by atoms with Gasteiger partial charge in [0.1, 0.15) is 16.1 Å². The molecule has 9 heteroatoms. The Bertz CT molecular complexity index is 1440. The second kappa shape index (κ2) is 12.4. The molecular formula is C26H32N4O2S3. The average molecular weight is 529 g/mol. The van der Waals surface area contributed by atoms with Gasteiger partial charge >= 0.3 is 0 Å². The number of H-pyrrole nitrogens is 1. The van der Waals surface area contributed by atoms with Gasteiger partial charge in [-0.25, -0.2) is 0 Å². The molecule has 2 aromatic carbocycles. The molecule has 0 aliphatic rings. The number of hydrogen-bond donors (Lipinski definition) is 1. The van der Waals surface area contributed by atoms with E-state index < -0.39 is 0 Å². The third-order valence-electron chi connectivity index (χ3n) is 5.74. The normalized spacial score (nSPS) is 10.9. The highest BCUT2D eigenvalue weighted by Gasteiger charge is 2.15. The lowest BCUT2D eigenvalue weighted by Crippen LogP contribution is -2.21. The molecule has 0 amide bonds. The predicted octanol–water partition coefficient (Wildman–Crippen LogP) is 6.69. The van der Waals surface area contributed by atoms with Gasteiger partial charge in [0.2, 0.25) is 0 Å². The molecule has 0 saturated heterocycles. The highest BCUT2D eigenvalue weighted by molar-refractivity contribution is 7.73. The molecule has 186 valence electrons. The molecule has 4 rings (SSSR count). The highest BCUT2D eigenvalue weighted by atomic mass is 32.1. The summed E-state index contributed by atoms with van der Waals surface area (Å²) in [6, 6.07) is 15.2. The summed E-state index contributed by atoms with van der Waals surface area (Å²) in [5.74, 6) is 0.784. The molecule has 0 aliphatic heterocycles. The first kappa shape index (κ1) is 27.0. The maximum Gasteiger partial charge on any atom is 0.278 e. The number of benzene rings is 2. The number of para-hydroxylation sites is 1. The molecule has 0 spiro atoms. The van der Waals surface area contributed by atoms with Crippen molar-refractivity contribution in [1.29, 1.82) is 0 Å². The molecule has 2 aromatic heterocycles. The van der Waals surface area contributed by atoms with E-state index in [0.29, 0.717) is 25.7 Å². The zero-order valence-corrected chi connectivity index (χ0v) is 23.3. The van der Waals surface area contributed by atoms with Crippen molar-refractivity contribution in [2.45, 2.75) is 34.6 Å². The van der Waals surface area contributed by atoms with Gasteiger partial charge in [0.05, 0.1) is 12.3 Å². The van der Waals surface area contributed by atoms with Crippen LogP contribution in [0.1, 0.15) is 33.3 Å². The number of thiazole rings is 1. The number of aromatic amines is 1. The Morgan fingerprint density at radius 1 is 0.943 bits per heavy atom. The van der Waals surface area contributed by atoms with Crippen LogP contribution in [0.2, 0.25) is 0 Å². The average Bonchev–Trinajstić information content (AvgIpc) is 3.18. The van der Waals surface area contributed by atoms with Gasteiger partial charge in [0.25, 0.3) is 5.56 Å². The van der Waals surface area contributed by atoms with Crippen LogP contribution in [0.15, 0.2) is 53.3 Å². The number of hydrogen-bond acceptors (Lipinski definition) is 6. The molecule has 0 unspecified atom stereocenters. The minimum atomic E-state index is -0.172. The van der Waals surface area contributed by atoms with Crippen LogP contribution in [0.4, 0.5) is 0 Å². The summed E-state index contributed by atoms with van der Waals surface area (Å²) in [4.78, 5) is 18.8. The topological polar surface area (TPSA) is 55.2 Å². The van der Waals surface area contributed by atoms with Crippen molar-refractivity contribution in [3.8, 4) is 17.1 Å². The number of ether oxygens (including phenoxy) is 1. The van der Waals surface area contributed by atoms with E-state index in [9.17, 15) is 4.79 Å². The Morgan fingerprint density at radius 2 is 1.57 bits per heavy atom. The van der Waals surface area contributed by atoms with Gasteiger partial charge in [0.15, 0.2) is 8.73 Å². The third-order valence-corrected chi connectivity index (χ3v) is 7.39. The van der Waals surface area contributed by atoms with Crippen LogP contribution >= 0.6 is 35.8 Å². The van der Waals surface area contributed by atoms with Gasteiger partial charge in [-0.15, -0.1) is 0 Å². The van der Waals surface area contributed by atoms with Crippen molar-refractivity contribution in [1.82, 2.24) is 19.0 Å². The predicted molar refractivity (Wildman–Crippen MR) is 152 cm³/mol. The second-order valence-electron chi connectivity index (χ2n) is 7.78. The zero-order valence-electron chi connectivity index (χ0n) is 20.8. The largest absolute Gasteiger partial charge is 0.494 e. The number of aryl methyl sites for hydroxylation is 1. The smallest absolute Gasteiger partial charge is 0.278 e. The van der Waals surface area contributed by atoms with Crippen molar-refractivity contribution in [3.63, 3.8) is 0 Å². The summed E-state index contributed by atoms with van der Waals surface area (Å²) in [6.07, 6.45) is 0. The Morgan fingerprint density at radius 3 is 2.11 bits per heavy atom. The fourth-order valence-corrected chi connectivity index (χ4v) is 5.38. The first-order chi connectivity index (χ1) is 16.9. The van der Waals surface area contributed by atoms with Crippen molar-refractivity contribution < 1.29 is 4.74 Å². The van der Waals surface area contributed by atoms with E-state index in [1.807, 2.05) is 66.9 Å². The van der Waals surface area contributed by atoms with E-state index in [4.69, 9.17) is 29.2 Å². The Kier molecular flexibility index (Phi) is 9.56. The van der Waals surface area contributed by atoms with E-state index in [2.05, 4.69) is 30.7 Å². The highest BCUT2D eigenvalue weighted by Crippen LogP contribution is 2.25. The summed E-state index contributed by atoms with van der Waals surface area (Å²) in [6.45, 7) is 14.6. The van der Waals surface area contributed by atoms with Gasteiger partial charge in [0, 0.05) is 5.69 Å². The lowest BCUT2D eigenvalue weighted by atomic mass is 10.2. The quantitative estimate of drug-likeness (QED) is 0.271. The van der Waals surface area contributed by atoms with Crippen molar-refractivity contribution in [2.24, 2.45) is 0 Å². The van der Waals surface area contributed by atoms with E-state index in [-0.39, 0.29) is 5.56 Å². The number of nitrogens with zero attached hydrogens (tertiary/aromatic N) is 3. The van der Waals surface area contributed by atoms with E-state index >= 15 is 0 Å². The fraction of sp³-hybridized carbons (Fsp3) is 0.346. The van der Waals surface area contributed by atoms with Crippen LogP contribution in [0.5, 0.6) is 5.75 Å². The summed E-state index contributed by atoms with van der Waals surface area (Å²) in [5, 5.41) is 0. The molecule has 6 nitrogen and oxygen atoms in total. The number of fused-ring (bicyclic) bond motifs is 1. The maximum absolute atomic E-state index is 13.2. The Labute approximate surface area is 220 Å². The van der Waals surface area contributed by atoms with Crippen LogP contribution in [0.25, 0.3) is 21.7 Å². The summed E-state index contributed by atoms with van der Waals surface area (Å²) in [7, 11) is 0. The lowest BCUT2D eigenvalue weighted by Gasteiger charge is -2.13. The third kappa shape index (κ3) is 5.98. The van der Waals surface area contributed by atoms with Crippen molar-refractivity contribution in [3.05, 3.63) is 73.2 Å².